The number of H-pyrrole nitrogens is 1. The Hall–Kier alpha value is -2.58. The number of nitrogens with zero attached hydrogens (tertiary/aromatic N) is 1. The van der Waals surface area contributed by atoms with Crippen molar-refractivity contribution in [3.8, 4) is 0 Å². The second kappa shape index (κ2) is 7.88. The van der Waals surface area contributed by atoms with Crippen LogP contribution in [0.15, 0.2) is 10.9 Å². The van der Waals surface area contributed by atoms with Crippen molar-refractivity contribution in [2.75, 3.05) is 25.5 Å². The molecule has 1 aromatic rings. The van der Waals surface area contributed by atoms with E-state index in [4.69, 9.17) is 0 Å². The van der Waals surface area contributed by atoms with Gasteiger partial charge in [0.05, 0.1) is 7.11 Å². The summed E-state index contributed by atoms with van der Waals surface area (Å²) in [7, 11) is 1.22. The average Bonchev–Trinajstić information content (AvgIpc) is 2.42. The Kier molecular flexibility index (Phi) is 6.18. The summed E-state index contributed by atoms with van der Waals surface area (Å²) in [4.78, 5) is 40.4. The highest BCUT2D eigenvalue weighted by molar-refractivity contribution is 5.85. The molecule has 0 fully saturated rings. The lowest BCUT2D eigenvalue weighted by Crippen LogP contribution is -2.45. The molecule has 9 heteroatoms. The molecular formula is C12H19N5O4. The largest absolute Gasteiger partial charge is 0.453 e. The number of hydrogen-bond donors (Lipinski definition) is 4. The number of methoxy groups -OCH3 is 1. The van der Waals surface area contributed by atoms with Gasteiger partial charge in [-0.2, -0.15) is 0 Å². The number of hydrogen-bond acceptors (Lipinski definition) is 6. The van der Waals surface area contributed by atoms with Crippen molar-refractivity contribution in [1.82, 2.24) is 20.6 Å². The fourth-order valence-corrected chi connectivity index (χ4v) is 1.48. The van der Waals surface area contributed by atoms with E-state index < -0.39 is 12.1 Å². The second-order valence-corrected chi connectivity index (χ2v) is 4.31. The Morgan fingerprint density at radius 3 is 2.76 bits per heavy atom. The Labute approximate surface area is 121 Å². The van der Waals surface area contributed by atoms with Crippen LogP contribution in [0.2, 0.25) is 0 Å². The van der Waals surface area contributed by atoms with E-state index >= 15 is 0 Å². The molecule has 0 aliphatic carbocycles. The minimum atomic E-state index is -0.700. The Morgan fingerprint density at radius 2 is 2.14 bits per heavy atom. The lowest BCUT2D eigenvalue weighted by Gasteiger charge is -2.13. The Bertz CT molecular complexity index is 557. The van der Waals surface area contributed by atoms with Gasteiger partial charge >= 0.3 is 6.09 Å². The van der Waals surface area contributed by atoms with Crippen molar-refractivity contribution in [2.24, 2.45) is 0 Å². The number of carbonyl (C=O) groups excluding carboxylic acids is 2. The first kappa shape index (κ1) is 16.5. The van der Waals surface area contributed by atoms with E-state index in [1.165, 1.54) is 13.2 Å². The molecule has 0 radical (unpaired) electrons. The quantitative estimate of drug-likeness (QED) is 0.517. The van der Waals surface area contributed by atoms with E-state index in [9.17, 15) is 14.4 Å². The molecule has 0 saturated heterocycles. The predicted molar refractivity (Wildman–Crippen MR) is 76.1 cm³/mol. The van der Waals surface area contributed by atoms with Gasteiger partial charge in [-0.25, -0.2) is 9.78 Å². The number of anilines is 1. The summed E-state index contributed by atoms with van der Waals surface area (Å²) >= 11 is 0. The van der Waals surface area contributed by atoms with Crippen LogP contribution in [-0.2, 0) is 9.53 Å². The lowest BCUT2D eigenvalue weighted by molar-refractivity contribution is -0.122. The van der Waals surface area contributed by atoms with Gasteiger partial charge in [0, 0.05) is 24.8 Å². The average molecular weight is 297 g/mol. The van der Waals surface area contributed by atoms with Crippen molar-refractivity contribution in [3.63, 3.8) is 0 Å². The minimum absolute atomic E-state index is 0.245. The molecule has 1 atom stereocenters. The molecule has 0 unspecified atom stereocenters. The zero-order valence-electron chi connectivity index (χ0n) is 12.1. The van der Waals surface area contributed by atoms with Crippen molar-refractivity contribution in [2.45, 2.75) is 19.9 Å². The summed E-state index contributed by atoms with van der Waals surface area (Å²) in [6.07, 6.45) is -0.669. The van der Waals surface area contributed by atoms with Crippen molar-refractivity contribution in [1.29, 1.82) is 0 Å². The highest BCUT2D eigenvalue weighted by Gasteiger charge is 2.14. The second-order valence-electron chi connectivity index (χ2n) is 4.31. The SMILES string of the molecule is COC(=O)N[C@H](C)C(=O)NCCNc1nc(C)cc(=O)[nH]1. The van der Waals surface area contributed by atoms with Gasteiger partial charge in [-0.15, -0.1) is 0 Å². The maximum Gasteiger partial charge on any atom is 0.407 e. The molecule has 21 heavy (non-hydrogen) atoms. The van der Waals surface area contributed by atoms with E-state index in [2.05, 4.69) is 30.7 Å². The van der Waals surface area contributed by atoms with Crippen molar-refractivity contribution < 1.29 is 14.3 Å². The summed E-state index contributed by atoms with van der Waals surface area (Å²) in [5.74, 6) is 0.00266. The fourth-order valence-electron chi connectivity index (χ4n) is 1.48. The Morgan fingerprint density at radius 1 is 1.43 bits per heavy atom. The van der Waals surface area contributed by atoms with E-state index in [1.807, 2.05) is 0 Å². The van der Waals surface area contributed by atoms with E-state index in [-0.39, 0.29) is 11.5 Å². The van der Waals surface area contributed by atoms with Gasteiger partial charge in [-0.05, 0) is 13.8 Å². The molecule has 4 N–H and O–H groups in total. The molecule has 9 nitrogen and oxygen atoms in total. The van der Waals surface area contributed by atoms with Crippen LogP contribution in [0.1, 0.15) is 12.6 Å². The van der Waals surface area contributed by atoms with E-state index in [1.54, 1.807) is 13.8 Å². The van der Waals surface area contributed by atoms with Gasteiger partial charge in [-0.1, -0.05) is 0 Å². The molecule has 1 rings (SSSR count). The molecule has 0 bridgehead atoms. The van der Waals surface area contributed by atoms with Crippen LogP contribution in [0.4, 0.5) is 10.7 Å². The van der Waals surface area contributed by atoms with E-state index in [0.717, 1.165) is 0 Å². The summed E-state index contributed by atoms with van der Waals surface area (Å²) < 4.78 is 4.39. The third-order valence-electron chi connectivity index (χ3n) is 2.50. The van der Waals surface area contributed by atoms with Gasteiger partial charge < -0.3 is 20.7 Å². The molecule has 0 saturated carbocycles. The highest BCUT2D eigenvalue weighted by atomic mass is 16.5. The van der Waals surface area contributed by atoms with Crippen LogP contribution in [0, 0.1) is 6.92 Å². The van der Waals surface area contributed by atoms with Crippen LogP contribution < -0.4 is 21.5 Å². The first-order valence-electron chi connectivity index (χ1n) is 6.36. The van der Waals surface area contributed by atoms with Crippen LogP contribution in [0.5, 0.6) is 0 Å². The first-order chi connectivity index (χ1) is 9.92. The number of aromatic amines is 1. The predicted octanol–water partition coefficient (Wildman–Crippen LogP) is -0.649. The molecule has 0 aliphatic heterocycles. The zero-order valence-corrected chi connectivity index (χ0v) is 12.1. The number of aryl methyl sites for hydroxylation is 1. The summed E-state index contributed by atoms with van der Waals surface area (Å²) in [5, 5.41) is 7.85. The zero-order chi connectivity index (χ0) is 15.8. The third kappa shape index (κ3) is 5.93. The maximum atomic E-state index is 11.6. The highest BCUT2D eigenvalue weighted by Crippen LogP contribution is 1.94. The van der Waals surface area contributed by atoms with Crippen LogP contribution >= 0.6 is 0 Å². The summed E-state index contributed by atoms with van der Waals surface area (Å²) in [6.45, 7) is 3.94. The third-order valence-corrected chi connectivity index (χ3v) is 2.50. The monoisotopic (exact) mass is 297 g/mol. The van der Waals surface area contributed by atoms with Crippen LogP contribution in [0.3, 0.4) is 0 Å². The molecule has 0 spiro atoms. The first-order valence-corrected chi connectivity index (χ1v) is 6.36. The van der Waals surface area contributed by atoms with Gasteiger partial charge in [0.1, 0.15) is 6.04 Å². The van der Waals surface area contributed by atoms with Gasteiger partial charge in [0.25, 0.3) is 5.56 Å². The van der Waals surface area contributed by atoms with E-state index in [0.29, 0.717) is 24.7 Å². The van der Waals surface area contributed by atoms with Crippen LogP contribution in [-0.4, -0.2) is 48.2 Å². The number of alkyl carbamates (subject to hydrolysis) is 1. The standard InChI is InChI=1S/C12H19N5O4/c1-7-6-9(18)17-11(15-7)14-5-4-13-10(19)8(2)16-12(20)21-3/h6,8H,4-5H2,1-3H3,(H,13,19)(H,16,20)(H2,14,15,17,18)/t8-/m1/s1. The maximum absolute atomic E-state index is 11.6. The molecule has 2 amide bonds. The van der Waals surface area contributed by atoms with Crippen LogP contribution in [0.25, 0.3) is 0 Å². The van der Waals surface area contributed by atoms with Crippen molar-refractivity contribution in [3.05, 3.63) is 22.1 Å². The van der Waals surface area contributed by atoms with Gasteiger partial charge in [0.2, 0.25) is 11.9 Å². The molecule has 1 heterocycles. The molecule has 116 valence electrons. The van der Waals surface area contributed by atoms with Crippen molar-refractivity contribution >= 4 is 17.9 Å². The van der Waals surface area contributed by atoms with Gasteiger partial charge in [-0.3, -0.25) is 14.6 Å². The molecule has 1 aromatic heterocycles. The minimum Gasteiger partial charge on any atom is -0.453 e. The number of rotatable bonds is 6. The number of aromatic nitrogens is 2. The normalized spacial score (nSPS) is 11.4. The summed E-state index contributed by atoms with van der Waals surface area (Å²) in [5.41, 5.74) is 0.353. The number of nitrogens with one attached hydrogen (secondary N) is 4. The fraction of sp³-hybridized carbons (Fsp3) is 0.500. The molecular weight excluding hydrogens is 278 g/mol. The number of carbonyl (C=O) groups is 2. The topological polar surface area (TPSA) is 125 Å². The number of ether oxygens (including phenoxy) is 1. The molecule has 0 aliphatic rings. The lowest BCUT2D eigenvalue weighted by atomic mass is 10.3. The van der Waals surface area contributed by atoms with Gasteiger partial charge in [0.15, 0.2) is 0 Å². The Balaban J connectivity index is 2.31. The number of amides is 2. The molecule has 0 aromatic carbocycles. The smallest absolute Gasteiger partial charge is 0.407 e. The summed E-state index contributed by atoms with van der Waals surface area (Å²) in [6, 6.07) is 0.682.